The van der Waals surface area contributed by atoms with Gasteiger partial charge < -0.3 is 5.32 Å². The van der Waals surface area contributed by atoms with Crippen LogP contribution in [0.1, 0.15) is 63.6 Å². The van der Waals surface area contributed by atoms with Gasteiger partial charge in [-0.05, 0) is 56.2 Å². The lowest BCUT2D eigenvalue weighted by molar-refractivity contribution is 0.190. The first-order valence-electron chi connectivity index (χ1n) is 7.50. The Labute approximate surface area is 120 Å². The quantitative estimate of drug-likeness (QED) is 0.831. The summed E-state index contributed by atoms with van der Waals surface area (Å²) in [5, 5.41) is 3.47. The highest BCUT2D eigenvalue weighted by atomic mass is 19.1. The summed E-state index contributed by atoms with van der Waals surface area (Å²) in [6.07, 6.45) is 4.65. The Morgan fingerprint density at radius 1 is 1.25 bits per heavy atom. The van der Waals surface area contributed by atoms with Crippen LogP contribution < -0.4 is 5.32 Å². The van der Waals surface area contributed by atoms with Crippen LogP contribution in [0.5, 0.6) is 0 Å². The molecule has 0 saturated heterocycles. The van der Waals surface area contributed by atoms with Crippen LogP contribution in [0, 0.1) is 24.0 Å². The average Bonchev–Trinajstić information content (AvgIpc) is 2.32. The molecule has 2 atom stereocenters. The van der Waals surface area contributed by atoms with Crippen molar-refractivity contribution in [3.63, 3.8) is 0 Å². The molecule has 1 saturated carbocycles. The van der Waals surface area contributed by atoms with Crippen molar-refractivity contribution in [2.24, 2.45) is 5.41 Å². The third-order valence-electron chi connectivity index (χ3n) is 4.44. The second-order valence-electron chi connectivity index (χ2n) is 6.97. The monoisotopic (exact) mass is 281 g/mol. The summed E-state index contributed by atoms with van der Waals surface area (Å²) in [5.74, 6) is -0.655. The number of nitrogens with one attached hydrogen (secondary N) is 1. The molecule has 0 radical (unpaired) electrons. The summed E-state index contributed by atoms with van der Waals surface area (Å²) in [6.45, 7) is 8.05. The second-order valence-corrected chi connectivity index (χ2v) is 6.97. The summed E-state index contributed by atoms with van der Waals surface area (Å²) in [4.78, 5) is 0. The standard InChI is InChI=1S/C17H25F2N/c1-11-8-16(19)14(9-15(11)18)12(2)20-13-6-5-7-17(3,4)10-13/h8-9,12-13,20H,5-7,10H2,1-4H3. The molecule has 0 heterocycles. The molecule has 0 aromatic heterocycles. The van der Waals surface area contributed by atoms with Crippen molar-refractivity contribution >= 4 is 0 Å². The number of rotatable bonds is 3. The van der Waals surface area contributed by atoms with Crippen LogP contribution in [0.15, 0.2) is 12.1 Å². The van der Waals surface area contributed by atoms with E-state index in [1.165, 1.54) is 25.0 Å². The highest BCUT2D eigenvalue weighted by molar-refractivity contribution is 5.27. The van der Waals surface area contributed by atoms with Crippen LogP contribution in [0.4, 0.5) is 8.78 Å². The number of hydrogen-bond donors (Lipinski definition) is 1. The Bertz CT molecular complexity index is 482. The Morgan fingerprint density at radius 2 is 1.95 bits per heavy atom. The van der Waals surface area contributed by atoms with Gasteiger partial charge >= 0.3 is 0 Å². The van der Waals surface area contributed by atoms with Crippen LogP contribution in [0.2, 0.25) is 0 Å². The Morgan fingerprint density at radius 3 is 2.60 bits per heavy atom. The van der Waals surface area contributed by atoms with Crippen molar-refractivity contribution in [2.45, 2.75) is 65.5 Å². The highest BCUT2D eigenvalue weighted by Gasteiger charge is 2.29. The minimum Gasteiger partial charge on any atom is -0.307 e. The van der Waals surface area contributed by atoms with Gasteiger partial charge in [0.1, 0.15) is 11.6 Å². The van der Waals surface area contributed by atoms with Crippen LogP contribution in [-0.4, -0.2) is 6.04 Å². The van der Waals surface area contributed by atoms with Gasteiger partial charge in [-0.15, -0.1) is 0 Å². The van der Waals surface area contributed by atoms with Gasteiger partial charge in [0.15, 0.2) is 0 Å². The minimum atomic E-state index is -0.334. The number of aryl methyl sites for hydroxylation is 1. The Balaban J connectivity index is 2.08. The molecule has 3 heteroatoms. The zero-order chi connectivity index (χ0) is 14.9. The zero-order valence-corrected chi connectivity index (χ0v) is 12.9. The summed E-state index contributed by atoms with van der Waals surface area (Å²) < 4.78 is 27.6. The van der Waals surface area contributed by atoms with Gasteiger partial charge in [0.05, 0.1) is 0 Å². The van der Waals surface area contributed by atoms with E-state index < -0.39 is 0 Å². The molecule has 1 nitrogen and oxygen atoms in total. The van der Waals surface area contributed by atoms with Gasteiger partial charge in [-0.3, -0.25) is 0 Å². The maximum absolute atomic E-state index is 14.0. The molecular formula is C17H25F2N. The van der Waals surface area contributed by atoms with Crippen molar-refractivity contribution < 1.29 is 8.78 Å². The molecule has 112 valence electrons. The normalized spacial score (nSPS) is 23.6. The molecule has 1 aromatic carbocycles. The first kappa shape index (κ1) is 15.4. The largest absolute Gasteiger partial charge is 0.307 e. The molecular weight excluding hydrogens is 256 g/mol. The van der Waals surface area contributed by atoms with E-state index in [9.17, 15) is 8.78 Å². The van der Waals surface area contributed by atoms with Crippen molar-refractivity contribution in [1.29, 1.82) is 0 Å². The number of benzene rings is 1. The van der Waals surface area contributed by atoms with Crippen molar-refractivity contribution in [3.8, 4) is 0 Å². The molecule has 0 aliphatic heterocycles. The average molecular weight is 281 g/mol. The molecule has 0 amide bonds. The molecule has 2 rings (SSSR count). The summed E-state index contributed by atoms with van der Waals surface area (Å²) >= 11 is 0. The Hall–Kier alpha value is -0.960. The molecule has 2 unspecified atom stereocenters. The lowest BCUT2D eigenvalue weighted by Crippen LogP contribution is -2.38. The lowest BCUT2D eigenvalue weighted by atomic mass is 9.75. The molecule has 0 bridgehead atoms. The lowest BCUT2D eigenvalue weighted by Gasteiger charge is -2.37. The molecule has 1 aliphatic rings. The predicted molar refractivity (Wildman–Crippen MR) is 78.7 cm³/mol. The van der Waals surface area contributed by atoms with E-state index >= 15 is 0 Å². The predicted octanol–water partition coefficient (Wildman–Crippen LogP) is 4.89. The first-order chi connectivity index (χ1) is 9.28. The van der Waals surface area contributed by atoms with Gasteiger partial charge in [-0.25, -0.2) is 8.78 Å². The third-order valence-corrected chi connectivity index (χ3v) is 4.44. The van der Waals surface area contributed by atoms with Gasteiger partial charge in [-0.2, -0.15) is 0 Å². The van der Waals surface area contributed by atoms with Crippen molar-refractivity contribution in [1.82, 2.24) is 5.32 Å². The summed E-state index contributed by atoms with van der Waals surface area (Å²) in [6, 6.07) is 2.84. The second kappa shape index (κ2) is 5.80. The van der Waals surface area contributed by atoms with Gasteiger partial charge in [0.25, 0.3) is 0 Å². The third kappa shape index (κ3) is 3.57. The molecule has 1 aromatic rings. The van der Waals surface area contributed by atoms with E-state index in [1.54, 1.807) is 6.92 Å². The van der Waals surface area contributed by atoms with E-state index in [2.05, 4.69) is 19.2 Å². The van der Waals surface area contributed by atoms with Crippen molar-refractivity contribution in [3.05, 3.63) is 34.9 Å². The van der Waals surface area contributed by atoms with E-state index in [0.29, 0.717) is 22.6 Å². The minimum absolute atomic E-state index is 0.163. The van der Waals surface area contributed by atoms with Gasteiger partial charge in [-0.1, -0.05) is 20.3 Å². The number of halogens is 2. The topological polar surface area (TPSA) is 12.0 Å². The number of hydrogen-bond acceptors (Lipinski definition) is 1. The van der Waals surface area contributed by atoms with E-state index in [0.717, 1.165) is 12.8 Å². The molecule has 20 heavy (non-hydrogen) atoms. The maximum Gasteiger partial charge on any atom is 0.128 e. The molecule has 1 N–H and O–H groups in total. The fourth-order valence-electron chi connectivity index (χ4n) is 3.28. The van der Waals surface area contributed by atoms with E-state index in [1.807, 2.05) is 6.92 Å². The van der Waals surface area contributed by atoms with Gasteiger partial charge in [0.2, 0.25) is 0 Å². The van der Waals surface area contributed by atoms with Crippen LogP contribution in [-0.2, 0) is 0 Å². The van der Waals surface area contributed by atoms with Crippen LogP contribution in [0.3, 0.4) is 0 Å². The molecule has 1 fully saturated rings. The maximum atomic E-state index is 14.0. The fourth-order valence-corrected chi connectivity index (χ4v) is 3.28. The van der Waals surface area contributed by atoms with E-state index in [4.69, 9.17) is 0 Å². The van der Waals surface area contributed by atoms with E-state index in [-0.39, 0.29) is 17.7 Å². The molecule has 1 aliphatic carbocycles. The Kier molecular flexibility index (Phi) is 4.48. The van der Waals surface area contributed by atoms with Crippen molar-refractivity contribution in [2.75, 3.05) is 0 Å². The summed E-state index contributed by atoms with van der Waals surface area (Å²) in [7, 11) is 0. The van der Waals surface area contributed by atoms with Gasteiger partial charge in [0, 0.05) is 17.6 Å². The SMILES string of the molecule is Cc1cc(F)c(C(C)NC2CCCC(C)(C)C2)cc1F. The highest BCUT2D eigenvalue weighted by Crippen LogP contribution is 2.36. The first-order valence-corrected chi connectivity index (χ1v) is 7.50. The fraction of sp³-hybridized carbons (Fsp3) is 0.647. The smallest absolute Gasteiger partial charge is 0.128 e. The van der Waals surface area contributed by atoms with Crippen LogP contribution in [0.25, 0.3) is 0 Å². The summed E-state index contributed by atoms with van der Waals surface area (Å²) in [5.41, 5.74) is 1.13. The zero-order valence-electron chi connectivity index (χ0n) is 12.9. The molecule has 0 spiro atoms. The van der Waals surface area contributed by atoms with Crippen LogP contribution >= 0.6 is 0 Å².